The molecule has 0 bridgehead atoms. The fourth-order valence-electron chi connectivity index (χ4n) is 3.73. The number of rotatable bonds is 10. The molecule has 2 rings (SSSR count). The average molecular weight is 453 g/mol. The van der Waals surface area contributed by atoms with Crippen LogP contribution in [0.1, 0.15) is 54.4 Å². The second-order valence-corrected chi connectivity index (χ2v) is 9.92. The van der Waals surface area contributed by atoms with Gasteiger partial charge in [-0.05, 0) is 41.5 Å². The van der Waals surface area contributed by atoms with Gasteiger partial charge in [-0.3, -0.25) is 9.42 Å². The summed E-state index contributed by atoms with van der Waals surface area (Å²) in [7, 11) is -4.77. The SMILES string of the molecule is CC(C)OC[C@@]1(CN)O[C@@H](C)CC1OP(=O)(O)OC(=O)[C@H]1O[C@@H](C)CC1OC(C)C. The Balaban J connectivity index is 2.07. The van der Waals surface area contributed by atoms with Gasteiger partial charge in [0.05, 0.1) is 37.1 Å². The van der Waals surface area contributed by atoms with E-state index in [1.165, 1.54) is 0 Å². The van der Waals surface area contributed by atoms with E-state index in [2.05, 4.69) is 0 Å². The summed E-state index contributed by atoms with van der Waals surface area (Å²) in [6, 6.07) is 0. The number of carbonyl (C=O) groups is 1. The van der Waals surface area contributed by atoms with Gasteiger partial charge in [0, 0.05) is 19.4 Å². The highest BCUT2D eigenvalue weighted by Gasteiger charge is 2.52. The van der Waals surface area contributed by atoms with E-state index in [-0.39, 0.29) is 37.6 Å². The summed E-state index contributed by atoms with van der Waals surface area (Å²) in [5, 5.41) is 0. The smallest absolute Gasteiger partial charge is 0.376 e. The van der Waals surface area contributed by atoms with Gasteiger partial charge in [0.25, 0.3) is 0 Å². The molecule has 0 aromatic carbocycles. The van der Waals surface area contributed by atoms with Crippen molar-refractivity contribution in [3.8, 4) is 0 Å². The molecule has 2 aliphatic rings. The molecule has 2 fully saturated rings. The Hall–Kier alpha value is -0.580. The Labute approximate surface area is 178 Å². The predicted octanol–water partition coefficient (Wildman–Crippen LogP) is 1.92. The summed E-state index contributed by atoms with van der Waals surface area (Å²) in [5.74, 6) is -1.00. The van der Waals surface area contributed by atoms with E-state index < -0.39 is 37.7 Å². The van der Waals surface area contributed by atoms with Gasteiger partial charge in [-0.1, -0.05) is 0 Å². The maximum absolute atomic E-state index is 12.7. The van der Waals surface area contributed by atoms with Crippen LogP contribution in [0.15, 0.2) is 0 Å². The van der Waals surface area contributed by atoms with Crippen molar-refractivity contribution in [2.24, 2.45) is 5.73 Å². The predicted molar refractivity (Wildman–Crippen MR) is 108 cm³/mol. The number of phosphoric ester groups is 1. The minimum atomic E-state index is -4.77. The summed E-state index contributed by atoms with van der Waals surface area (Å²) < 4.78 is 45.6. The molecule has 0 aliphatic carbocycles. The third-order valence-corrected chi connectivity index (χ3v) is 5.93. The highest BCUT2D eigenvalue weighted by atomic mass is 31.2. The second kappa shape index (κ2) is 10.4. The molecule has 3 unspecified atom stereocenters. The first-order valence-corrected chi connectivity index (χ1v) is 11.9. The molecule has 176 valence electrons. The number of phosphoric acid groups is 1. The lowest BCUT2D eigenvalue weighted by molar-refractivity contribution is -0.156. The monoisotopic (exact) mass is 453 g/mol. The highest BCUT2D eigenvalue weighted by Crippen LogP contribution is 2.50. The van der Waals surface area contributed by atoms with Crippen molar-refractivity contribution in [2.75, 3.05) is 13.2 Å². The van der Waals surface area contributed by atoms with Gasteiger partial charge in [-0.2, -0.15) is 0 Å². The van der Waals surface area contributed by atoms with Crippen LogP contribution in [0.3, 0.4) is 0 Å². The van der Waals surface area contributed by atoms with Gasteiger partial charge in [0.2, 0.25) is 0 Å². The standard InChI is InChI=1S/C19H36NO9P/c1-11(2)24-10-19(9-20)16(8-14(6)27-19)28-30(22,23)29-18(21)17-15(25-12(3)4)7-13(5)26-17/h11-17H,7-10,20H2,1-6H3,(H,22,23)/t13-,14-,15?,16?,17-,19+/m0/s1. The minimum Gasteiger partial charge on any atom is -0.376 e. The van der Waals surface area contributed by atoms with Crippen LogP contribution in [-0.4, -0.2) is 72.3 Å². The van der Waals surface area contributed by atoms with Crippen LogP contribution in [0, 0.1) is 0 Å². The maximum atomic E-state index is 12.7. The molecule has 11 heteroatoms. The molecule has 0 aromatic rings. The first kappa shape index (κ1) is 25.7. The van der Waals surface area contributed by atoms with Crippen molar-refractivity contribution < 1.29 is 42.2 Å². The zero-order valence-electron chi connectivity index (χ0n) is 18.6. The van der Waals surface area contributed by atoms with E-state index >= 15 is 0 Å². The van der Waals surface area contributed by atoms with E-state index in [0.29, 0.717) is 12.8 Å². The molecule has 2 saturated heterocycles. The van der Waals surface area contributed by atoms with E-state index in [0.717, 1.165) is 0 Å². The van der Waals surface area contributed by atoms with Crippen molar-refractivity contribution in [1.82, 2.24) is 0 Å². The molecular formula is C19H36NO9P. The Morgan fingerprint density at radius 1 is 1.20 bits per heavy atom. The fraction of sp³-hybridized carbons (Fsp3) is 0.947. The minimum absolute atomic E-state index is 0.0101. The van der Waals surface area contributed by atoms with E-state index in [4.69, 9.17) is 33.7 Å². The molecule has 0 saturated carbocycles. The molecule has 7 atom stereocenters. The van der Waals surface area contributed by atoms with Gasteiger partial charge >= 0.3 is 13.8 Å². The van der Waals surface area contributed by atoms with Gasteiger partial charge in [0.15, 0.2) is 6.10 Å². The second-order valence-electron chi connectivity index (χ2n) is 8.59. The van der Waals surface area contributed by atoms with Gasteiger partial charge in [-0.25, -0.2) is 9.36 Å². The Bertz CT molecular complexity index is 631. The van der Waals surface area contributed by atoms with Crippen molar-refractivity contribution >= 4 is 13.8 Å². The summed E-state index contributed by atoms with van der Waals surface area (Å²) in [6.45, 7) is 11.1. The quantitative estimate of drug-likeness (QED) is 0.472. The first-order valence-electron chi connectivity index (χ1n) is 10.4. The van der Waals surface area contributed by atoms with E-state index in [1.807, 2.05) is 27.7 Å². The normalized spacial score (nSPS) is 36.4. The molecular weight excluding hydrogens is 417 g/mol. The molecule has 0 aromatic heterocycles. The van der Waals surface area contributed by atoms with Gasteiger partial charge in [-0.15, -0.1) is 0 Å². The van der Waals surface area contributed by atoms with Crippen molar-refractivity contribution in [2.45, 2.75) is 103 Å². The fourth-order valence-corrected chi connectivity index (χ4v) is 4.70. The summed E-state index contributed by atoms with van der Waals surface area (Å²) in [5.41, 5.74) is 4.79. The number of carbonyl (C=O) groups excluding carboxylic acids is 1. The third kappa shape index (κ3) is 6.71. The van der Waals surface area contributed by atoms with Crippen LogP contribution >= 0.6 is 7.82 Å². The molecule has 0 amide bonds. The molecule has 30 heavy (non-hydrogen) atoms. The number of hydrogen-bond donors (Lipinski definition) is 2. The zero-order chi connectivity index (χ0) is 22.7. The van der Waals surface area contributed by atoms with Crippen molar-refractivity contribution in [1.29, 1.82) is 0 Å². The lowest BCUT2D eigenvalue weighted by atomic mass is 9.97. The molecule has 2 aliphatic heterocycles. The Morgan fingerprint density at radius 3 is 2.43 bits per heavy atom. The molecule has 2 heterocycles. The summed E-state index contributed by atoms with van der Waals surface area (Å²) >= 11 is 0. The molecule has 0 radical (unpaired) electrons. The maximum Gasteiger partial charge on any atom is 0.530 e. The summed E-state index contributed by atoms with van der Waals surface area (Å²) in [6.07, 6.45) is -2.52. The zero-order valence-corrected chi connectivity index (χ0v) is 19.5. The van der Waals surface area contributed by atoms with Crippen LogP contribution in [-0.2, 0) is 37.4 Å². The van der Waals surface area contributed by atoms with Crippen LogP contribution < -0.4 is 5.73 Å². The first-order chi connectivity index (χ1) is 13.9. The van der Waals surface area contributed by atoms with Crippen LogP contribution in [0.25, 0.3) is 0 Å². The number of nitrogens with two attached hydrogens (primary N) is 1. The lowest BCUT2D eigenvalue weighted by Crippen LogP contribution is -2.51. The third-order valence-electron chi connectivity index (χ3n) is 5.00. The highest BCUT2D eigenvalue weighted by molar-refractivity contribution is 7.48. The van der Waals surface area contributed by atoms with E-state index in [9.17, 15) is 14.3 Å². The average Bonchev–Trinajstić information content (AvgIpc) is 3.11. The number of hydrogen-bond acceptors (Lipinski definition) is 9. The molecule has 10 nitrogen and oxygen atoms in total. The lowest BCUT2D eigenvalue weighted by Gasteiger charge is -2.34. The van der Waals surface area contributed by atoms with Gasteiger partial charge < -0.3 is 29.2 Å². The number of ether oxygens (including phenoxy) is 4. The largest absolute Gasteiger partial charge is 0.530 e. The molecule has 3 N–H and O–H groups in total. The van der Waals surface area contributed by atoms with E-state index in [1.54, 1.807) is 13.8 Å². The Morgan fingerprint density at radius 2 is 1.87 bits per heavy atom. The van der Waals surface area contributed by atoms with Gasteiger partial charge in [0.1, 0.15) is 11.7 Å². The van der Waals surface area contributed by atoms with Crippen LogP contribution in [0.4, 0.5) is 0 Å². The topological polar surface area (TPSA) is 136 Å². The van der Waals surface area contributed by atoms with Crippen molar-refractivity contribution in [3.05, 3.63) is 0 Å². The summed E-state index contributed by atoms with van der Waals surface area (Å²) in [4.78, 5) is 22.9. The molecule has 0 spiro atoms. The van der Waals surface area contributed by atoms with Crippen LogP contribution in [0.5, 0.6) is 0 Å². The van der Waals surface area contributed by atoms with Crippen molar-refractivity contribution in [3.63, 3.8) is 0 Å². The van der Waals surface area contributed by atoms with Crippen LogP contribution in [0.2, 0.25) is 0 Å². The Kier molecular flexibility index (Phi) is 8.87.